The Balaban J connectivity index is 0.000000316. The van der Waals surface area contributed by atoms with Gasteiger partial charge >= 0.3 is 33.5 Å². The Morgan fingerprint density at radius 1 is 0.671 bits per heavy atom. The topological polar surface area (TPSA) is 192 Å². The van der Waals surface area contributed by atoms with Gasteiger partial charge < -0.3 is 62.2 Å². The quantitative estimate of drug-likeness (QED) is 0.0652. The van der Waals surface area contributed by atoms with Crippen LogP contribution in [0.1, 0.15) is 50.9 Å². The molecule has 2 unspecified atom stereocenters. The van der Waals surface area contributed by atoms with E-state index in [1.54, 1.807) is 35.6 Å². The minimum Gasteiger partial charge on any atom is -0.356 e. The van der Waals surface area contributed by atoms with Crippen LogP contribution in [0.25, 0.3) is 0 Å². The molecule has 4 saturated heterocycles. The molecule has 0 bridgehead atoms. The number of hydrogen-bond donors (Lipinski definition) is 1. The zero-order valence-electron chi connectivity index (χ0n) is 38.1. The van der Waals surface area contributed by atoms with E-state index in [0.717, 1.165) is 12.7 Å². The minimum absolute atomic E-state index is 0.0124. The second-order valence-electron chi connectivity index (χ2n) is 15.3. The van der Waals surface area contributed by atoms with Gasteiger partial charge in [0.1, 0.15) is 50.2 Å². The van der Waals surface area contributed by atoms with Gasteiger partial charge in [0.25, 0.3) is 0 Å². The number of nitrogens with one attached hydrogen (secondary N) is 1. The summed E-state index contributed by atoms with van der Waals surface area (Å²) in [6.45, 7) is 4.11. The monoisotopic (exact) mass is 1050 g/mol. The number of hydrogen-bond acceptors (Lipinski definition) is 17. The van der Waals surface area contributed by atoms with Gasteiger partial charge in [0.05, 0.1) is 19.6 Å². The average molecular weight is 1050 g/mol. The molecule has 4 heterocycles. The molecule has 6 rings (SSSR count). The summed E-state index contributed by atoms with van der Waals surface area (Å²) < 4.78 is 227. The highest BCUT2D eigenvalue weighted by atomic mass is 32.2. The molecule has 4 aliphatic rings. The van der Waals surface area contributed by atoms with Crippen LogP contribution in [0.15, 0.2) is 60.7 Å². The van der Waals surface area contributed by atoms with Crippen molar-refractivity contribution in [2.45, 2.75) is 125 Å². The summed E-state index contributed by atoms with van der Waals surface area (Å²) in [5.41, 5.74) is 1.31. The van der Waals surface area contributed by atoms with Crippen molar-refractivity contribution >= 4 is 16.0 Å². The van der Waals surface area contributed by atoms with Crippen molar-refractivity contribution < 1.29 is 118 Å². The Labute approximate surface area is 396 Å². The first-order chi connectivity index (χ1) is 33.1. The summed E-state index contributed by atoms with van der Waals surface area (Å²) in [6.07, 6.45) is -30.7. The number of ether oxygens (including phenoxy) is 13. The molecule has 28 heteroatoms. The second-order valence-corrected chi connectivity index (χ2v) is 17.0. The van der Waals surface area contributed by atoms with Gasteiger partial charge in [0.15, 0.2) is 37.4 Å². The maximum Gasteiger partial charge on any atom is 0.460 e. The summed E-state index contributed by atoms with van der Waals surface area (Å²) in [5, 5.41) is -5.08. The third kappa shape index (κ3) is 13.6. The number of halogens is 9. The Kier molecular flexibility index (Phi) is 20.6. The van der Waals surface area contributed by atoms with Crippen molar-refractivity contribution in [3.8, 4) is 0 Å². The highest BCUT2D eigenvalue weighted by molar-refractivity contribution is 7.87. The van der Waals surface area contributed by atoms with Gasteiger partial charge in [-0.25, -0.2) is 9.13 Å². The summed E-state index contributed by atoms with van der Waals surface area (Å²) in [7, 11) is -4.83. The lowest BCUT2D eigenvalue weighted by Crippen LogP contribution is -2.65. The van der Waals surface area contributed by atoms with Gasteiger partial charge in [-0.2, -0.15) is 43.5 Å². The number of fused-ring (bicyclic) bond motifs is 2. The SMILES string of the molecule is CCNC(=O)CC(F)(F)C(F)(F)OC(F)(F)C(F)(F)S(=O)(=O)O[C@@H]1[C@H](OC)O[C@@H]2COC(c3ccccc3)O[C@H]2[C@@H]1OCOCC.CCOCO[C@@H]1[C@@H](F)[C@H](OC)O[C@@H]2COC(c3ccccc3)O[C@@H]12. The molecule has 12 atom stereocenters. The summed E-state index contributed by atoms with van der Waals surface area (Å²) in [6, 6.07) is 17.6. The van der Waals surface area contributed by atoms with Crippen LogP contribution in [0.4, 0.5) is 39.5 Å². The molecule has 0 saturated carbocycles. The number of carbonyl (C=O) groups is 1. The fourth-order valence-corrected chi connectivity index (χ4v) is 8.08. The van der Waals surface area contributed by atoms with E-state index in [0.29, 0.717) is 12.2 Å². The molecule has 2 aromatic rings. The molecule has 0 radical (unpaired) electrons. The lowest BCUT2D eigenvalue weighted by molar-refractivity contribution is -0.455. The first-order valence-electron chi connectivity index (χ1n) is 21.5. The largest absolute Gasteiger partial charge is 0.460 e. The van der Waals surface area contributed by atoms with Gasteiger partial charge in [0.2, 0.25) is 5.91 Å². The maximum atomic E-state index is 14.9. The van der Waals surface area contributed by atoms with Crippen molar-refractivity contribution in [2.75, 3.05) is 60.8 Å². The Hall–Kier alpha value is -3.33. The maximum absolute atomic E-state index is 14.9. The van der Waals surface area contributed by atoms with Crippen LogP contribution in [-0.4, -0.2) is 160 Å². The highest BCUT2D eigenvalue weighted by Gasteiger charge is 2.75. The molecule has 0 spiro atoms. The number of alkyl halides is 9. The van der Waals surface area contributed by atoms with Crippen LogP contribution >= 0.6 is 0 Å². The lowest BCUT2D eigenvalue weighted by atomic mass is 9.97. The first kappa shape index (κ1) is 57.6. The third-order valence-electron chi connectivity index (χ3n) is 10.6. The first-order valence-corrected chi connectivity index (χ1v) is 22.9. The fourth-order valence-electron chi connectivity index (χ4n) is 7.13. The summed E-state index contributed by atoms with van der Waals surface area (Å²) in [4.78, 5) is 11.3. The van der Waals surface area contributed by atoms with E-state index in [2.05, 4.69) is 8.92 Å². The van der Waals surface area contributed by atoms with E-state index >= 15 is 0 Å². The highest BCUT2D eigenvalue weighted by Crippen LogP contribution is 2.49. The van der Waals surface area contributed by atoms with E-state index < -0.39 is 127 Å². The number of benzene rings is 2. The van der Waals surface area contributed by atoms with Crippen molar-refractivity contribution in [1.82, 2.24) is 5.32 Å². The Bertz CT molecular complexity index is 2020. The Morgan fingerprint density at radius 2 is 1.14 bits per heavy atom. The van der Waals surface area contributed by atoms with Crippen LogP contribution < -0.4 is 5.32 Å². The molecule has 2 aromatic carbocycles. The second kappa shape index (κ2) is 25.1. The van der Waals surface area contributed by atoms with E-state index in [1.165, 1.54) is 21.0 Å². The van der Waals surface area contributed by atoms with Gasteiger partial charge in [-0.15, -0.1) is 0 Å². The Morgan fingerprint density at radius 3 is 1.61 bits per heavy atom. The standard InChI is InChI=1S/C25H31F8NO11S.C17H23FO6/c1-4-34-16(35)11-22(26,27)23(28,29)45-24(30,31)25(32,33)46(36,37)44-19-18(41-13-39-5-2)17-15(42-21(19)38-3)12-40-20(43-17)14-9-7-6-8-10-14;1-3-20-10-22-15-13(18)17(19-2)23-12-9-21-16(24-14(12)15)11-7-5-4-6-8-11/h6-10,15,17-21H,4-5,11-13H2,1-3H3,(H,34,35);4-8,12-17H,3,9-10H2,1-2H3/t15-,17-,18+,19+,20?,21-;12-,13-,14-,15-,16?,17-/m11/s1. The van der Waals surface area contributed by atoms with E-state index in [4.69, 9.17) is 56.8 Å². The van der Waals surface area contributed by atoms with E-state index in [1.807, 2.05) is 37.3 Å². The van der Waals surface area contributed by atoms with Crippen molar-refractivity contribution in [3.63, 3.8) is 0 Å². The fraction of sp³-hybridized carbons (Fsp3) is 0.690. The van der Waals surface area contributed by atoms with E-state index in [9.17, 15) is 52.7 Å². The zero-order valence-corrected chi connectivity index (χ0v) is 38.9. The number of amides is 1. The van der Waals surface area contributed by atoms with E-state index in [-0.39, 0.29) is 33.2 Å². The molecular weight excluding hydrogens is 994 g/mol. The van der Waals surface area contributed by atoms with Crippen LogP contribution in [0.5, 0.6) is 0 Å². The van der Waals surface area contributed by atoms with Gasteiger partial charge in [-0.3, -0.25) is 8.98 Å². The van der Waals surface area contributed by atoms with Crippen molar-refractivity contribution in [3.05, 3.63) is 71.8 Å². The predicted molar refractivity (Wildman–Crippen MR) is 217 cm³/mol. The molecular formula is C42H54F9NO17S. The molecule has 4 fully saturated rings. The van der Waals surface area contributed by atoms with Gasteiger partial charge in [0, 0.05) is 45.1 Å². The lowest BCUT2D eigenvalue weighted by Gasteiger charge is -2.48. The molecule has 1 amide bonds. The normalized spacial score (nSPS) is 29.8. The zero-order chi connectivity index (χ0) is 51.5. The molecule has 1 N–H and O–H groups in total. The van der Waals surface area contributed by atoms with Gasteiger partial charge in [-0.05, 0) is 20.8 Å². The minimum atomic E-state index is -7.11. The molecule has 398 valence electrons. The number of methoxy groups -OCH3 is 2. The van der Waals surface area contributed by atoms with Crippen LogP contribution in [-0.2, 0) is 80.7 Å². The number of carbonyl (C=O) groups excluding carboxylic acids is 1. The van der Waals surface area contributed by atoms with Crippen molar-refractivity contribution in [1.29, 1.82) is 0 Å². The summed E-state index contributed by atoms with van der Waals surface area (Å²) in [5.74, 6) is -7.57. The number of rotatable bonds is 22. The molecule has 0 aromatic heterocycles. The van der Waals surface area contributed by atoms with Crippen molar-refractivity contribution in [2.24, 2.45) is 0 Å². The average Bonchev–Trinajstić information content (AvgIpc) is 3.32. The molecule has 70 heavy (non-hydrogen) atoms. The molecule has 0 aliphatic carbocycles. The van der Waals surface area contributed by atoms with Crippen LogP contribution in [0, 0.1) is 0 Å². The smallest absolute Gasteiger partial charge is 0.356 e. The molecule has 4 aliphatic heterocycles. The van der Waals surface area contributed by atoms with Gasteiger partial charge in [-0.1, -0.05) is 60.7 Å². The third-order valence-corrected chi connectivity index (χ3v) is 11.9. The molecule has 18 nitrogen and oxygen atoms in total. The summed E-state index contributed by atoms with van der Waals surface area (Å²) >= 11 is 0. The predicted octanol–water partition coefficient (Wildman–Crippen LogP) is 5.71. The van der Waals surface area contributed by atoms with Crippen LogP contribution in [0.3, 0.4) is 0 Å². The van der Waals surface area contributed by atoms with Crippen LogP contribution in [0.2, 0.25) is 0 Å².